The van der Waals surface area contributed by atoms with Gasteiger partial charge < -0.3 is 4.74 Å². The number of fused-ring (bicyclic) bond motifs is 1. The van der Waals surface area contributed by atoms with Crippen molar-refractivity contribution in [2.24, 2.45) is 0 Å². The standard InChI is InChI=1S/C36H36N2O3/c1-7-36(5,6)27-18-12-25(13-19-27)33(39)26-16-22-29(23-17-26)41-28-20-14-24(15-21-28)32-30-10-8-9-11-31(30)34(40)38(37-32)35(2,3)4/h8-23H,7H2,1-6H3. The van der Waals surface area contributed by atoms with E-state index in [1.54, 1.807) is 16.8 Å². The predicted molar refractivity (Wildman–Crippen MR) is 166 cm³/mol. The molecule has 0 radical (unpaired) electrons. The molecule has 4 aromatic carbocycles. The second-order valence-corrected chi connectivity index (χ2v) is 12.1. The average molecular weight is 545 g/mol. The van der Waals surface area contributed by atoms with Gasteiger partial charge in [0.15, 0.2) is 5.78 Å². The van der Waals surface area contributed by atoms with Gasteiger partial charge in [-0.05, 0) is 92.8 Å². The number of benzene rings is 4. The lowest BCUT2D eigenvalue weighted by atomic mass is 9.82. The molecule has 0 fully saturated rings. The van der Waals surface area contributed by atoms with Crippen molar-refractivity contribution in [3.05, 3.63) is 124 Å². The molecule has 0 spiro atoms. The average Bonchev–Trinajstić information content (AvgIpc) is 2.97. The predicted octanol–water partition coefficient (Wildman–Crippen LogP) is 8.53. The fourth-order valence-corrected chi connectivity index (χ4v) is 4.79. The van der Waals surface area contributed by atoms with Gasteiger partial charge in [-0.15, -0.1) is 0 Å². The quantitative estimate of drug-likeness (QED) is 0.193. The van der Waals surface area contributed by atoms with E-state index in [0.717, 1.165) is 23.1 Å². The van der Waals surface area contributed by atoms with Crippen molar-refractivity contribution in [1.29, 1.82) is 0 Å². The van der Waals surface area contributed by atoms with E-state index in [-0.39, 0.29) is 16.8 Å². The zero-order valence-corrected chi connectivity index (χ0v) is 24.6. The fraction of sp³-hybridized carbons (Fsp3) is 0.250. The highest BCUT2D eigenvalue weighted by Crippen LogP contribution is 2.30. The molecule has 5 nitrogen and oxygen atoms in total. The van der Waals surface area contributed by atoms with Gasteiger partial charge in [0.2, 0.25) is 0 Å². The number of ketones is 1. The van der Waals surface area contributed by atoms with Crippen LogP contribution in [0.1, 0.15) is 69.4 Å². The molecule has 1 aromatic heterocycles. The van der Waals surface area contributed by atoms with Gasteiger partial charge in [-0.3, -0.25) is 9.59 Å². The first kappa shape index (κ1) is 28.0. The minimum Gasteiger partial charge on any atom is -0.457 e. The summed E-state index contributed by atoms with van der Waals surface area (Å²) in [5.41, 5.74) is 3.67. The summed E-state index contributed by atoms with van der Waals surface area (Å²) in [5.74, 6) is 1.28. The summed E-state index contributed by atoms with van der Waals surface area (Å²) in [7, 11) is 0. The SMILES string of the molecule is CCC(C)(C)c1ccc(C(=O)c2ccc(Oc3ccc(-c4nn(C(C)(C)C)c(=O)c5ccccc45)cc3)cc2)cc1. The highest BCUT2D eigenvalue weighted by atomic mass is 16.5. The first-order chi connectivity index (χ1) is 19.5. The first-order valence-electron chi connectivity index (χ1n) is 14.0. The van der Waals surface area contributed by atoms with Crippen LogP contribution < -0.4 is 10.3 Å². The zero-order chi connectivity index (χ0) is 29.4. The maximum absolute atomic E-state index is 13.1. The van der Waals surface area contributed by atoms with E-state index in [0.29, 0.717) is 28.0 Å². The molecule has 41 heavy (non-hydrogen) atoms. The van der Waals surface area contributed by atoms with Gasteiger partial charge in [0.25, 0.3) is 5.56 Å². The number of nitrogens with zero attached hydrogens (tertiary/aromatic N) is 2. The summed E-state index contributed by atoms with van der Waals surface area (Å²) in [6.07, 6.45) is 1.03. The molecule has 0 N–H and O–H groups in total. The van der Waals surface area contributed by atoms with Crippen molar-refractivity contribution >= 4 is 16.6 Å². The van der Waals surface area contributed by atoms with Gasteiger partial charge in [-0.25, -0.2) is 4.68 Å². The molecule has 0 atom stereocenters. The van der Waals surface area contributed by atoms with Crippen molar-refractivity contribution in [1.82, 2.24) is 9.78 Å². The van der Waals surface area contributed by atoms with Gasteiger partial charge in [0.05, 0.1) is 16.6 Å². The number of hydrogen-bond donors (Lipinski definition) is 0. The lowest BCUT2D eigenvalue weighted by molar-refractivity contribution is 0.103. The van der Waals surface area contributed by atoms with Crippen LogP contribution in [0.25, 0.3) is 22.0 Å². The van der Waals surface area contributed by atoms with Crippen LogP contribution >= 0.6 is 0 Å². The number of carbonyl (C=O) groups excluding carboxylic acids is 1. The van der Waals surface area contributed by atoms with Crippen LogP contribution in [-0.4, -0.2) is 15.6 Å². The normalized spacial score (nSPS) is 12.0. The summed E-state index contributed by atoms with van der Waals surface area (Å²) < 4.78 is 7.63. The third kappa shape index (κ3) is 5.71. The molecule has 0 bridgehead atoms. The van der Waals surface area contributed by atoms with Gasteiger partial charge in [-0.2, -0.15) is 5.10 Å². The molecule has 0 aliphatic carbocycles. The Labute approximate surface area is 241 Å². The Morgan fingerprint density at radius 2 is 1.24 bits per heavy atom. The zero-order valence-electron chi connectivity index (χ0n) is 24.6. The maximum atomic E-state index is 13.1. The van der Waals surface area contributed by atoms with Gasteiger partial charge in [0, 0.05) is 22.1 Å². The Morgan fingerprint density at radius 3 is 1.78 bits per heavy atom. The van der Waals surface area contributed by atoms with Crippen LogP contribution in [0, 0.1) is 0 Å². The molecule has 1 heterocycles. The third-order valence-corrected chi connectivity index (χ3v) is 7.73. The van der Waals surface area contributed by atoms with E-state index in [1.165, 1.54) is 5.56 Å². The molecule has 0 aliphatic rings. The minimum atomic E-state index is -0.456. The maximum Gasteiger partial charge on any atom is 0.275 e. The number of rotatable bonds is 7. The van der Waals surface area contributed by atoms with E-state index < -0.39 is 5.54 Å². The summed E-state index contributed by atoms with van der Waals surface area (Å²) in [5, 5.41) is 6.22. The monoisotopic (exact) mass is 544 g/mol. The number of aromatic nitrogens is 2. The summed E-state index contributed by atoms with van der Waals surface area (Å²) in [6.45, 7) is 12.5. The van der Waals surface area contributed by atoms with E-state index in [1.807, 2.05) is 106 Å². The van der Waals surface area contributed by atoms with Crippen LogP contribution in [0.5, 0.6) is 11.5 Å². The third-order valence-electron chi connectivity index (χ3n) is 7.73. The van der Waals surface area contributed by atoms with Crippen molar-refractivity contribution in [3.8, 4) is 22.8 Å². The first-order valence-corrected chi connectivity index (χ1v) is 14.0. The summed E-state index contributed by atoms with van der Waals surface area (Å²) in [6, 6.07) is 30.4. The molecule has 5 aromatic rings. The molecule has 0 unspecified atom stereocenters. The minimum absolute atomic E-state index is 0.0157. The van der Waals surface area contributed by atoms with Gasteiger partial charge in [-0.1, -0.05) is 63.2 Å². The van der Waals surface area contributed by atoms with Gasteiger partial charge >= 0.3 is 0 Å². The molecule has 0 saturated heterocycles. The number of carbonyl (C=O) groups is 1. The Morgan fingerprint density at radius 1 is 0.732 bits per heavy atom. The number of hydrogen-bond acceptors (Lipinski definition) is 4. The molecule has 0 amide bonds. The molecule has 5 rings (SSSR count). The van der Waals surface area contributed by atoms with E-state index in [4.69, 9.17) is 9.84 Å². The highest BCUT2D eigenvalue weighted by Gasteiger charge is 2.21. The number of ether oxygens (including phenoxy) is 1. The molecule has 5 heteroatoms. The van der Waals surface area contributed by atoms with Crippen molar-refractivity contribution in [2.45, 2.75) is 58.9 Å². The molecule has 0 saturated carbocycles. The van der Waals surface area contributed by atoms with Crippen LogP contribution in [0.3, 0.4) is 0 Å². The largest absolute Gasteiger partial charge is 0.457 e. The van der Waals surface area contributed by atoms with Crippen molar-refractivity contribution in [3.63, 3.8) is 0 Å². The smallest absolute Gasteiger partial charge is 0.275 e. The highest BCUT2D eigenvalue weighted by molar-refractivity contribution is 6.09. The Kier molecular flexibility index (Phi) is 7.39. The summed E-state index contributed by atoms with van der Waals surface area (Å²) in [4.78, 5) is 26.1. The van der Waals surface area contributed by atoms with Crippen molar-refractivity contribution < 1.29 is 9.53 Å². The lowest BCUT2D eigenvalue weighted by Crippen LogP contribution is -2.36. The Bertz CT molecular complexity index is 1760. The molecular formula is C36H36N2O3. The van der Waals surface area contributed by atoms with Crippen LogP contribution in [-0.2, 0) is 11.0 Å². The van der Waals surface area contributed by atoms with Gasteiger partial charge in [0.1, 0.15) is 11.5 Å². The fourth-order valence-electron chi connectivity index (χ4n) is 4.79. The molecule has 0 aliphatic heterocycles. The van der Waals surface area contributed by atoms with Crippen LogP contribution in [0.2, 0.25) is 0 Å². The second-order valence-electron chi connectivity index (χ2n) is 12.1. The molecular weight excluding hydrogens is 508 g/mol. The van der Waals surface area contributed by atoms with Crippen molar-refractivity contribution in [2.75, 3.05) is 0 Å². The summed E-state index contributed by atoms with van der Waals surface area (Å²) >= 11 is 0. The van der Waals surface area contributed by atoms with E-state index in [9.17, 15) is 9.59 Å². The van der Waals surface area contributed by atoms with Crippen LogP contribution in [0.15, 0.2) is 102 Å². The Hall–Kier alpha value is -4.51. The topological polar surface area (TPSA) is 61.2 Å². The van der Waals surface area contributed by atoms with E-state index in [2.05, 4.69) is 20.8 Å². The van der Waals surface area contributed by atoms with E-state index >= 15 is 0 Å². The molecule has 208 valence electrons. The lowest BCUT2D eigenvalue weighted by Gasteiger charge is -2.23. The Balaban J connectivity index is 1.34. The second kappa shape index (κ2) is 10.8. The van der Waals surface area contributed by atoms with Crippen LogP contribution in [0.4, 0.5) is 0 Å².